The van der Waals surface area contributed by atoms with Crippen LogP contribution in [0.1, 0.15) is 26.2 Å². The number of phenolic OH excluding ortho intramolecular Hbond substituents is 1. The number of hydrogen-bond acceptors (Lipinski definition) is 7. The molecule has 3 aromatic rings. The Kier molecular flexibility index (Phi) is 4.82. The molecule has 1 aromatic carbocycles. The number of fused-ring (bicyclic) bond motifs is 2. The van der Waals surface area contributed by atoms with E-state index in [2.05, 4.69) is 32.4 Å². The van der Waals surface area contributed by atoms with Crippen molar-refractivity contribution in [3.05, 3.63) is 43.1 Å². The van der Waals surface area contributed by atoms with Gasteiger partial charge in [-0.15, -0.1) is 5.10 Å². The number of rotatable bonds is 4. The third-order valence-electron chi connectivity index (χ3n) is 5.91. The number of nitrogens with one attached hydrogen (secondary N) is 1. The van der Waals surface area contributed by atoms with Gasteiger partial charge in [-0.05, 0) is 30.9 Å². The molecule has 4 heterocycles. The van der Waals surface area contributed by atoms with Gasteiger partial charge >= 0.3 is 6.01 Å². The van der Waals surface area contributed by atoms with Crippen molar-refractivity contribution in [2.45, 2.75) is 50.5 Å². The van der Waals surface area contributed by atoms with Crippen LogP contribution in [-0.2, 0) is 0 Å². The average Bonchev–Trinajstić information content (AvgIpc) is 3.27. The Labute approximate surface area is 173 Å². The highest BCUT2D eigenvalue weighted by atomic mass is 19.1. The van der Waals surface area contributed by atoms with E-state index < -0.39 is 12.3 Å². The number of phenols is 1. The van der Waals surface area contributed by atoms with Crippen molar-refractivity contribution in [3.8, 4) is 28.7 Å². The van der Waals surface area contributed by atoms with E-state index in [1.807, 2.05) is 6.07 Å². The summed E-state index contributed by atoms with van der Waals surface area (Å²) < 4.78 is 22.4. The van der Waals surface area contributed by atoms with Gasteiger partial charge in [-0.3, -0.25) is 0 Å². The van der Waals surface area contributed by atoms with Crippen LogP contribution in [0.2, 0.25) is 0 Å². The topological polar surface area (TPSA) is 98.0 Å². The molecule has 0 radical (unpaired) electrons. The molecule has 0 amide bonds. The van der Waals surface area contributed by atoms with Crippen molar-refractivity contribution in [1.29, 1.82) is 0 Å². The number of piperidine rings is 2. The number of alkyl halides is 1. The normalized spacial score (nSPS) is 28.3. The molecule has 0 saturated carbocycles. The molecule has 9 heteroatoms. The molecule has 0 spiro atoms. The zero-order chi connectivity index (χ0) is 20.7. The lowest BCUT2D eigenvalue weighted by Gasteiger charge is -2.44. The second-order valence-corrected chi connectivity index (χ2v) is 8.18. The number of aromatic nitrogens is 5. The van der Waals surface area contributed by atoms with Crippen LogP contribution in [0.15, 0.2) is 43.1 Å². The van der Waals surface area contributed by atoms with Crippen molar-refractivity contribution in [2.75, 3.05) is 0 Å². The summed E-state index contributed by atoms with van der Waals surface area (Å²) in [5.74, 6) is 0.570. The molecule has 30 heavy (non-hydrogen) atoms. The van der Waals surface area contributed by atoms with Gasteiger partial charge in [0, 0.05) is 42.5 Å². The van der Waals surface area contributed by atoms with E-state index in [4.69, 9.17) is 4.74 Å². The van der Waals surface area contributed by atoms with Crippen LogP contribution in [0.4, 0.5) is 4.39 Å². The van der Waals surface area contributed by atoms with E-state index in [-0.39, 0.29) is 23.8 Å². The van der Waals surface area contributed by atoms with E-state index >= 15 is 0 Å². The minimum absolute atomic E-state index is 0.0500. The first-order valence-electron chi connectivity index (χ1n) is 10.1. The molecule has 156 valence electrons. The SMILES string of the molecule is CC1CC2C[C@H](Oc3ncc(-c4ccc(-n5ccnc5)cc4O)nn3)[C@@H](F)C(C1)N2. The second kappa shape index (κ2) is 7.64. The summed E-state index contributed by atoms with van der Waals surface area (Å²) in [6.07, 6.45) is 7.31. The summed E-state index contributed by atoms with van der Waals surface area (Å²) >= 11 is 0. The highest BCUT2D eigenvalue weighted by molar-refractivity contribution is 5.67. The lowest BCUT2D eigenvalue weighted by Crippen LogP contribution is -2.60. The zero-order valence-electron chi connectivity index (χ0n) is 16.5. The van der Waals surface area contributed by atoms with E-state index in [0.717, 1.165) is 18.5 Å². The van der Waals surface area contributed by atoms with Crippen LogP contribution in [-0.4, -0.2) is 54.2 Å². The summed E-state index contributed by atoms with van der Waals surface area (Å²) in [4.78, 5) is 8.19. The maximum Gasteiger partial charge on any atom is 0.336 e. The first-order valence-corrected chi connectivity index (χ1v) is 10.1. The van der Waals surface area contributed by atoms with Gasteiger partial charge < -0.3 is 19.7 Å². The summed E-state index contributed by atoms with van der Waals surface area (Å²) in [7, 11) is 0. The number of halogens is 1. The van der Waals surface area contributed by atoms with Crippen LogP contribution < -0.4 is 10.1 Å². The maximum absolute atomic E-state index is 14.8. The van der Waals surface area contributed by atoms with Crippen molar-refractivity contribution >= 4 is 0 Å². The van der Waals surface area contributed by atoms with Crippen LogP contribution in [0, 0.1) is 5.92 Å². The predicted molar refractivity (Wildman–Crippen MR) is 107 cm³/mol. The van der Waals surface area contributed by atoms with Crippen LogP contribution in [0.3, 0.4) is 0 Å². The third-order valence-corrected chi connectivity index (χ3v) is 5.91. The molecule has 0 aliphatic carbocycles. The first-order chi connectivity index (χ1) is 14.6. The van der Waals surface area contributed by atoms with Gasteiger partial charge in [-0.1, -0.05) is 12.0 Å². The molecule has 5 atom stereocenters. The largest absolute Gasteiger partial charge is 0.507 e. The molecule has 8 nitrogen and oxygen atoms in total. The van der Waals surface area contributed by atoms with E-state index in [1.165, 1.54) is 6.20 Å². The molecule has 2 aliphatic heterocycles. The molecular formula is C21H23FN6O2. The summed E-state index contributed by atoms with van der Waals surface area (Å²) in [5.41, 5.74) is 1.68. The quantitative estimate of drug-likeness (QED) is 0.682. The van der Waals surface area contributed by atoms with Gasteiger partial charge in [0.25, 0.3) is 0 Å². The van der Waals surface area contributed by atoms with Gasteiger partial charge in [-0.25, -0.2) is 14.4 Å². The van der Waals surface area contributed by atoms with Gasteiger partial charge in [0.05, 0.1) is 18.2 Å². The summed E-state index contributed by atoms with van der Waals surface area (Å²) in [6.45, 7) is 2.16. The molecule has 3 unspecified atom stereocenters. The first kappa shape index (κ1) is 18.9. The highest BCUT2D eigenvalue weighted by Crippen LogP contribution is 2.33. The smallest absolute Gasteiger partial charge is 0.336 e. The standard InChI is InChI=1S/C21H23FN6O2/c1-12-6-13-8-19(20(22)16(7-12)25-13)30-21-24-10-17(26-27-21)15-3-2-14(9-18(15)29)28-5-4-23-11-28/h2-5,9-13,16,19-20,25,29H,6-8H2,1H3/t12?,13?,16?,19-,20-/m0/s1. The predicted octanol–water partition coefficient (Wildman–Crippen LogP) is 2.68. The number of nitrogens with zero attached hydrogens (tertiary/aromatic N) is 5. The fourth-order valence-electron chi connectivity index (χ4n) is 4.51. The minimum atomic E-state index is -1.10. The molecular weight excluding hydrogens is 387 g/mol. The number of benzene rings is 1. The van der Waals surface area contributed by atoms with E-state index in [0.29, 0.717) is 23.6 Å². The number of ether oxygens (including phenoxy) is 1. The Hall–Kier alpha value is -3.07. The molecule has 2 saturated heterocycles. The molecule has 2 aromatic heterocycles. The van der Waals surface area contributed by atoms with Crippen molar-refractivity contribution in [1.82, 2.24) is 30.0 Å². The van der Waals surface area contributed by atoms with Gasteiger partial charge in [0.1, 0.15) is 17.5 Å². The van der Waals surface area contributed by atoms with E-state index in [1.54, 1.807) is 35.4 Å². The minimum Gasteiger partial charge on any atom is -0.507 e. The van der Waals surface area contributed by atoms with Crippen molar-refractivity contribution < 1.29 is 14.2 Å². The van der Waals surface area contributed by atoms with Gasteiger partial charge in [0.15, 0.2) is 6.17 Å². The fourth-order valence-corrected chi connectivity index (χ4v) is 4.51. The Morgan fingerprint density at radius 3 is 2.87 bits per heavy atom. The van der Waals surface area contributed by atoms with Crippen LogP contribution in [0.5, 0.6) is 11.8 Å². The fraction of sp³-hybridized carbons (Fsp3) is 0.429. The summed E-state index contributed by atoms with van der Waals surface area (Å²) in [5, 5.41) is 21.9. The van der Waals surface area contributed by atoms with Gasteiger partial charge in [-0.2, -0.15) is 0 Å². The zero-order valence-corrected chi connectivity index (χ0v) is 16.5. The Balaban J connectivity index is 1.30. The third kappa shape index (κ3) is 3.60. The number of aromatic hydroxyl groups is 1. The Morgan fingerprint density at radius 2 is 2.13 bits per heavy atom. The highest BCUT2D eigenvalue weighted by Gasteiger charge is 2.43. The molecule has 2 fully saturated rings. The molecule has 2 N–H and O–H groups in total. The monoisotopic (exact) mass is 410 g/mol. The van der Waals surface area contributed by atoms with E-state index in [9.17, 15) is 9.50 Å². The van der Waals surface area contributed by atoms with Crippen molar-refractivity contribution in [2.24, 2.45) is 5.92 Å². The van der Waals surface area contributed by atoms with Crippen molar-refractivity contribution in [3.63, 3.8) is 0 Å². The lowest BCUT2D eigenvalue weighted by atomic mass is 9.79. The Bertz CT molecular complexity index is 1010. The van der Waals surface area contributed by atoms with Gasteiger partial charge in [0.2, 0.25) is 0 Å². The maximum atomic E-state index is 14.8. The number of hydrogen-bond donors (Lipinski definition) is 2. The molecule has 5 rings (SSSR count). The molecule has 2 aliphatic rings. The Morgan fingerprint density at radius 1 is 1.23 bits per heavy atom. The lowest BCUT2D eigenvalue weighted by molar-refractivity contribution is -0.00596. The summed E-state index contributed by atoms with van der Waals surface area (Å²) in [6, 6.07) is 5.32. The van der Waals surface area contributed by atoms with Crippen LogP contribution in [0.25, 0.3) is 16.9 Å². The number of imidazole rings is 1. The average molecular weight is 410 g/mol. The van der Waals surface area contributed by atoms with Crippen LogP contribution >= 0.6 is 0 Å². The second-order valence-electron chi connectivity index (χ2n) is 8.18. The molecule has 2 bridgehead atoms.